The van der Waals surface area contributed by atoms with Crippen LogP contribution in [0, 0.1) is 0 Å². The standard InChI is InChI=1S/C19H20N2O2/c1-2-23-17-6-4-15(5-7-17)19(22)21-11-9-14-3-8-18-16(13-14)10-12-20-18/h3-8,10,12-13,20H,2,9,11H2,1H3,(H,21,22). The minimum atomic E-state index is -0.0595. The Bertz CT molecular complexity index is 790. The third kappa shape index (κ3) is 3.72. The highest BCUT2D eigenvalue weighted by Gasteiger charge is 2.05. The van der Waals surface area contributed by atoms with Crippen molar-refractivity contribution >= 4 is 16.8 Å². The Kier molecular flexibility index (Phi) is 4.62. The molecule has 0 fully saturated rings. The summed E-state index contributed by atoms with van der Waals surface area (Å²) in [7, 11) is 0. The molecule has 0 unspecified atom stereocenters. The van der Waals surface area contributed by atoms with Gasteiger partial charge in [0.05, 0.1) is 6.61 Å². The fourth-order valence-corrected chi connectivity index (χ4v) is 2.55. The van der Waals surface area contributed by atoms with E-state index in [0.29, 0.717) is 18.7 Å². The highest BCUT2D eigenvalue weighted by Crippen LogP contribution is 2.15. The largest absolute Gasteiger partial charge is 0.494 e. The number of hydrogen-bond donors (Lipinski definition) is 2. The maximum Gasteiger partial charge on any atom is 0.251 e. The number of benzene rings is 2. The zero-order valence-corrected chi connectivity index (χ0v) is 13.1. The van der Waals surface area contributed by atoms with Crippen molar-refractivity contribution in [2.75, 3.05) is 13.2 Å². The van der Waals surface area contributed by atoms with E-state index in [4.69, 9.17) is 4.74 Å². The van der Waals surface area contributed by atoms with Crippen LogP contribution in [0.25, 0.3) is 10.9 Å². The number of carbonyl (C=O) groups excluding carboxylic acids is 1. The van der Waals surface area contributed by atoms with Crippen LogP contribution in [0.5, 0.6) is 5.75 Å². The van der Waals surface area contributed by atoms with Gasteiger partial charge in [0.15, 0.2) is 0 Å². The Balaban J connectivity index is 1.54. The summed E-state index contributed by atoms with van der Waals surface area (Å²) in [4.78, 5) is 15.3. The maximum atomic E-state index is 12.1. The molecule has 1 aromatic heterocycles. The predicted octanol–water partition coefficient (Wildman–Crippen LogP) is 3.54. The van der Waals surface area contributed by atoms with Gasteiger partial charge < -0.3 is 15.0 Å². The van der Waals surface area contributed by atoms with Crippen LogP contribution in [0.15, 0.2) is 54.7 Å². The van der Waals surface area contributed by atoms with Crippen molar-refractivity contribution in [2.24, 2.45) is 0 Å². The van der Waals surface area contributed by atoms with E-state index in [9.17, 15) is 4.79 Å². The molecule has 2 N–H and O–H groups in total. The van der Waals surface area contributed by atoms with E-state index in [2.05, 4.69) is 34.6 Å². The first-order valence-corrected chi connectivity index (χ1v) is 7.83. The van der Waals surface area contributed by atoms with Gasteiger partial charge in [0.1, 0.15) is 5.75 Å². The van der Waals surface area contributed by atoms with E-state index in [-0.39, 0.29) is 5.91 Å². The number of rotatable bonds is 6. The van der Waals surface area contributed by atoms with Crippen molar-refractivity contribution in [3.8, 4) is 5.75 Å². The molecule has 118 valence electrons. The summed E-state index contributed by atoms with van der Waals surface area (Å²) < 4.78 is 5.37. The number of hydrogen-bond acceptors (Lipinski definition) is 2. The second kappa shape index (κ2) is 7.01. The highest BCUT2D eigenvalue weighted by atomic mass is 16.5. The van der Waals surface area contributed by atoms with E-state index in [1.165, 1.54) is 10.9 Å². The fourth-order valence-electron chi connectivity index (χ4n) is 2.55. The fraction of sp³-hybridized carbons (Fsp3) is 0.211. The van der Waals surface area contributed by atoms with E-state index in [0.717, 1.165) is 17.7 Å². The van der Waals surface area contributed by atoms with Crippen molar-refractivity contribution in [1.82, 2.24) is 10.3 Å². The molecule has 1 heterocycles. The number of aromatic amines is 1. The first-order chi connectivity index (χ1) is 11.3. The molecule has 2 aromatic carbocycles. The number of aromatic nitrogens is 1. The van der Waals surface area contributed by atoms with Gasteiger partial charge in [0, 0.05) is 23.8 Å². The first-order valence-electron chi connectivity index (χ1n) is 7.83. The molecule has 3 rings (SSSR count). The molecule has 4 heteroatoms. The number of amides is 1. The van der Waals surface area contributed by atoms with Gasteiger partial charge in [-0.3, -0.25) is 4.79 Å². The van der Waals surface area contributed by atoms with Crippen molar-refractivity contribution in [3.05, 3.63) is 65.9 Å². The molecule has 1 amide bonds. The molecule has 4 nitrogen and oxygen atoms in total. The maximum absolute atomic E-state index is 12.1. The molecule has 0 bridgehead atoms. The highest BCUT2D eigenvalue weighted by molar-refractivity contribution is 5.94. The van der Waals surface area contributed by atoms with Gasteiger partial charge in [0.2, 0.25) is 0 Å². The summed E-state index contributed by atoms with van der Waals surface area (Å²) in [5, 5.41) is 4.15. The van der Waals surface area contributed by atoms with Crippen LogP contribution in [-0.4, -0.2) is 24.0 Å². The van der Waals surface area contributed by atoms with Crippen molar-refractivity contribution < 1.29 is 9.53 Å². The van der Waals surface area contributed by atoms with Crippen LogP contribution in [0.3, 0.4) is 0 Å². The van der Waals surface area contributed by atoms with Crippen molar-refractivity contribution in [3.63, 3.8) is 0 Å². The van der Waals surface area contributed by atoms with Gasteiger partial charge >= 0.3 is 0 Å². The molecule has 0 aliphatic carbocycles. The molecule has 0 aliphatic rings. The molecule has 0 atom stereocenters. The number of nitrogens with one attached hydrogen (secondary N) is 2. The van der Waals surface area contributed by atoms with E-state index in [1.54, 1.807) is 12.1 Å². The SMILES string of the molecule is CCOc1ccc(C(=O)NCCc2ccc3[nH]ccc3c2)cc1. The van der Waals surface area contributed by atoms with Gasteiger partial charge in [-0.1, -0.05) is 6.07 Å². The van der Waals surface area contributed by atoms with Crippen LogP contribution < -0.4 is 10.1 Å². The summed E-state index contributed by atoms with van der Waals surface area (Å²) in [5.74, 6) is 0.722. The lowest BCUT2D eigenvalue weighted by Gasteiger charge is -2.07. The smallest absolute Gasteiger partial charge is 0.251 e. The van der Waals surface area contributed by atoms with Crippen LogP contribution in [0.2, 0.25) is 0 Å². The third-order valence-electron chi connectivity index (χ3n) is 3.74. The second-order valence-electron chi connectivity index (χ2n) is 5.36. The molecule has 0 spiro atoms. The number of carbonyl (C=O) groups is 1. The van der Waals surface area contributed by atoms with Gasteiger partial charge in [-0.05, 0) is 66.8 Å². The molecule has 0 radical (unpaired) electrons. The van der Waals surface area contributed by atoms with Gasteiger partial charge in [-0.2, -0.15) is 0 Å². The first kappa shape index (κ1) is 15.2. The molecule has 3 aromatic rings. The van der Waals surface area contributed by atoms with E-state index < -0.39 is 0 Å². The number of H-pyrrole nitrogens is 1. The minimum absolute atomic E-state index is 0.0595. The zero-order chi connectivity index (χ0) is 16.1. The lowest BCUT2D eigenvalue weighted by atomic mass is 10.1. The average molecular weight is 308 g/mol. The van der Waals surface area contributed by atoms with Crippen LogP contribution in [0.1, 0.15) is 22.8 Å². The summed E-state index contributed by atoms with van der Waals surface area (Å²) in [5.41, 5.74) is 2.99. The van der Waals surface area contributed by atoms with E-state index in [1.807, 2.05) is 25.3 Å². The van der Waals surface area contributed by atoms with Crippen LogP contribution in [0.4, 0.5) is 0 Å². The lowest BCUT2D eigenvalue weighted by molar-refractivity contribution is 0.0954. The Morgan fingerprint density at radius 3 is 2.74 bits per heavy atom. The Labute approximate surface area is 135 Å². The van der Waals surface area contributed by atoms with Gasteiger partial charge in [-0.25, -0.2) is 0 Å². The minimum Gasteiger partial charge on any atom is -0.494 e. The molecule has 0 saturated heterocycles. The number of fused-ring (bicyclic) bond motifs is 1. The summed E-state index contributed by atoms with van der Waals surface area (Å²) in [6, 6.07) is 15.6. The normalized spacial score (nSPS) is 10.7. The Morgan fingerprint density at radius 2 is 1.96 bits per heavy atom. The third-order valence-corrected chi connectivity index (χ3v) is 3.74. The molecule has 23 heavy (non-hydrogen) atoms. The zero-order valence-electron chi connectivity index (χ0n) is 13.1. The van der Waals surface area contributed by atoms with Crippen LogP contribution in [-0.2, 0) is 6.42 Å². The van der Waals surface area contributed by atoms with Crippen molar-refractivity contribution in [1.29, 1.82) is 0 Å². The summed E-state index contributed by atoms with van der Waals surface area (Å²) in [6.07, 6.45) is 2.74. The molecule has 0 aliphatic heterocycles. The average Bonchev–Trinajstić information content (AvgIpc) is 3.03. The predicted molar refractivity (Wildman–Crippen MR) is 91.9 cm³/mol. The topological polar surface area (TPSA) is 54.1 Å². The second-order valence-corrected chi connectivity index (χ2v) is 5.36. The lowest BCUT2D eigenvalue weighted by Crippen LogP contribution is -2.25. The monoisotopic (exact) mass is 308 g/mol. The quantitative estimate of drug-likeness (QED) is 0.732. The summed E-state index contributed by atoms with van der Waals surface area (Å²) >= 11 is 0. The van der Waals surface area contributed by atoms with Crippen LogP contribution >= 0.6 is 0 Å². The van der Waals surface area contributed by atoms with Crippen molar-refractivity contribution in [2.45, 2.75) is 13.3 Å². The number of ether oxygens (including phenoxy) is 1. The van der Waals surface area contributed by atoms with Gasteiger partial charge in [-0.15, -0.1) is 0 Å². The Morgan fingerprint density at radius 1 is 1.13 bits per heavy atom. The summed E-state index contributed by atoms with van der Waals surface area (Å²) in [6.45, 7) is 3.17. The molecular formula is C19H20N2O2. The van der Waals surface area contributed by atoms with E-state index >= 15 is 0 Å². The van der Waals surface area contributed by atoms with Gasteiger partial charge in [0.25, 0.3) is 5.91 Å². The molecule has 0 saturated carbocycles. The molecular weight excluding hydrogens is 288 g/mol. The Hall–Kier alpha value is -2.75.